The van der Waals surface area contributed by atoms with E-state index in [1.807, 2.05) is 13.0 Å². The smallest absolute Gasteiger partial charge is 0.132 e. The van der Waals surface area contributed by atoms with Crippen LogP contribution in [0.2, 0.25) is 0 Å². The van der Waals surface area contributed by atoms with Crippen LogP contribution in [-0.4, -0.2) is 5.11 Å². The molecule has 2 aromatic carbocycles. The predicted octanol–water partition coefficient (Wildman–Crippen LogP) is 3.91. The molecule has 1 N–H and O–H groups in total. The third-order valence-electron chi connectivity index (χ3n) is 3.05. The molecule has 0 saturated carbocycles. The summed E-state index contributed by atoms with van der Waals surface area (Å²) in [6.45, 7) is 3.27. The summed E-state index contributed by atoms with van der Waals surface area (Å²) in [6, 6.07) is 9.01. The third kappa shape index (κ3) is 3.14. The average Bonchev–Trinajstić information content (AvgIpc) is 2.37. The summed E-state index contributed by atoms with van der Waals surface area (Å²) in [6.07, 6.45) is -0.712. The van der Waals surface area contributed by atoms with Crippen LogP contribution in [0.3, 0.4) is 0 Å². The van der Waals surface area contributed by atoms with Gasteiger partial charge < -0.3 is 9.84 Å². The van der Waals surface area contributed by atoms with Crippen molar-refractivity contribution in [3.05, 3.63) is 64.7 Å². The van der Waals surface area contributed by atoms with Crippen molar-refractivity contribution in [3.63, 3.8) is 0 Å². The van der Waals surface area contributed by atoms with Gasteiger partial charge in [0.05, 0.1) is 11.7 Å². The van der Waals surface area contributed by atoms with Crippen LogP contribution >= 0.6 is 0 Å². The van der Waals surface area contributed by atoms with Gasteiger partial charge in [0.25, 0.3) is 0 Å². The Balaban J connectivity index is 2.25. The molecule has 4 heteroatoms. The summed E-state index contributed by atoms with van der Waals surface area (Å²) in [5.74, 6) is -0.852. The highest BCUT2D eigenvalue weighted by molar-refractivity contribution is 5.38. The highest BCUT2D eigenvalue weighted by Gasteiger charge is 2.13. The maximum atomic E-state index is 13.5. The van der Waals surface area contributed by atoms with Crippen LogP contribution in [0.15, 0.2) is 36.4 Å². The fourth-order valence-corrected chi connectivity index (χ4v) is 1.93. The second-order valence-electron chi connectivity index (χ2n) is 4.71. The second-order valence-corrected chi connectivity index (χ2v) is 4.71. The lowest BCUT2D eigenvalue weighted by atomic mass is 10.1. The van der Waals surface area contributed by atoms with Crippen LogP contribution in [0.4, 0.5) is 8.78 Å². The number of aryl methyl sites for hydroxylation is 1. The van der Waals surface area contributed by atoms with Crippen molar-refractivity contribution in [1.82, 2.24) is 0 Å². The Morgan fingerprint density at radius 2 is 1.80 bits per heavy atom. The van der Waals surface area contributed by atoms with Crippen molar-refractivity contribution in [1.29, 1.82) is 0 Å². The minimum Gasteiger partial charge on any atom is -0.488 e. The monoisotopic (exact) mass is 278 g/mol. The van der Waals surface area contributed by atoms with Crippen molar-refractivity contribution in [2.24, 2.45) is 0 Å². The maximum absolute atomic E-state index is 13.5. The summed E-state index contributed by atoms with van der Waals surface area (Å²) >= 11 is 0. The lowest BCUT2D eigenvalue weighted by Gasteiger charge is -2.15. The van der Waals surface area contributed by atoms with E-state index in [0.717, 1.165) is 5.56 Å². The van der Waals surface area contributed by atoms with E-state index in [1.54, 1.807) is 19.1 Å². The first-order chi connectivity index (χ1) is 9.49. The Kier molecular flexibility index (Phi) is 4.35. The van der Waals surface area contributed by atoms with E-state index >= 15 is 0 Å². The van der Waals surface area contributed by atoms with Crippen molar-refractivity contribution in [2.75, 3.05) is 0 Å². The molecular weight excluding hydrogens is 262 g/mol. The van der Waals surface area contributed by atoms with E-state index in [-0.39, 0.29) is 12.2 Å². The molecule has 0 aliphatic heterocycles. The molecule has 0 spiro atoms. The van der Waals surface area contributed by atoms with Gasteiger partial charge in [-0.15, -0.1) is 0 Å². The van der Waals surface area contributed by atoms with Gasteiger partial charge in [0.15, 0.2) is 0 Å². The standard InChI is InChI=1S/C16H16F2O2/c1-10-6-7-12(11(2)19)16(8-10)20-9-13-14(17)4-3-5-15(13)18/h3-8,11,19H,9H2,1-2H3/t11-/m0/s1. The number of aliphatic hydroxyl groups is 1. The average molecular weight is 278 g/mol. The lowest BCUT2D eigenvalue weighted by molar-refractivity contribution is 0.189. The third-order valence-corrected chi connectivity index (χ3v) is 3.05. The maximum Gasteiger partial charge on any atom is 0.132 e. The highest BCUT2D eigenvalue weighted by atomic mass is 19.1. The number of hydrogen-bond acceptors (Lipinski definition) is 2. The van der Waals surface area contributed by atoms with Crippen LogP contribution in [0, 0.1) is 18.6 Å². The normalized spacial score (nSPS) is 12.2. The van der Waals surface area contributed by atoms with Crippen LogP contribution in [-0.2, 0) is 6.61 Å². The molecular formula is C16H16F2O2. The van der Waals surface area contributed by atoms with Gasteiger partial charge in [-0.25, -0.2) is 8.78 Å². The molecule has 0 unspecified atom stereocenters. The molecule has 20 heavy (non-hydrogen) atoms. The summed E-state index contributed by atoms with van der Waals surface area (Å²) < 4.78 is 32.5. The van der Waals surface area contributed by atoms with Gasteiger partial charge in [0.2, 0.25) is 0 Å². The van der Waals surface area contributed by atoms with Crippen LogP contribution < -0.4 is 4.74 Å². The van der Waals surface area contributed by atoms with Gasteiger partial charge in [0, 0.05) is 5.56 Å². The molecule has 2 aromatic rings. The van der Waals surface area contributed by atoms with E-state index in [1.165, 1.54) is 18.2 Å². The zero-order chi connectivity index (χ0) is 14.7. The van der Waals surface area contributed by atoms with E-state index in [0.29, 0.717) is 11.3 Å². The first-order valence-corrected chi connectivity index (χ1v) is 6.33. The molecule has 1 atom stereocenters. The number of aliphatic hydroxyl groups excluding tert-OH is 1. The molecule has 2 nitrogen and oxygen atoms in total. The lowest BCUT2D eigenvalue weighted by Crippen LogP contribution is -2.05. The minimum absolute atomic E-state index is 0.120. The number of ether oxygens (including phenoxy) is 1. The van der Waals surface area contributed by atoms with E-state index in [2.05, 4.69) is 0 Å². The molecule has 0 amide bonds. The molecule has 0 fully saturated rings. The summed E-state index contributed by atoms with van der Waals surface area (Å²) in [5, 5.41) is 9.67. The Morgan fingerprint density at radius 3 is 2.40 bits per heavy atom. The molecule has 0 aliphatic rings. The van der Waals surface area contributed by atoms with Gasteiger partial charge in [0.1, 0.15) is 24.0 Å². The zero-order valence-corrected chi connectivity index (χ0v) is 11.4. The molecule has 0 bridgehead atoms. The van der Waals surface area contributed by atoms with E-state index in [9.17, 15) is 13.9 Å². The van der Waals surface area contributed by atoms with Gasteiger partial charge in [-0.1, -0.05) is 18.2 Å². The molecule has 0 saturated heterocycles. The van der Waals surface area contributed by atoms with Crippen LogP contribution in [0.5, 0.6) is 5.75 Å². The summed E-state index contributed by atoms with van der Waals surface area (Å²) in [5.41, 5.74) is 1.41. The van der Waals surface area contributed by atoms with E-state index in [4.69, 9.17) is 4.74 Å². The molecule has 0 radical (unpaired) electrons. The van der Waals surface area contributed by atoms with Gasteiger partial charge >= 0.3 is 0 Å². The fraction of sp³-hybridized carbons (Fsp3) is 0.250. The fourth-order valence-electron chi connectivity index (χ4n) is 1.93. The Labute approximate surface area is 116 Å². The van der Waals surface area contributed by atoms with Crippen molar-refractivity contribution in [2.45, 2.75) is 26.6 Å². The Hall–Kier alpha value is -1.94. The Morgan fingerprint density at radius 1 is 1.15 bits per heavy atom. The number of benzene rings is 2. The summed E-state index contributed by atoms with van der Waals surface area (Å²) in [4.78, 5) is 0. The van der Waals surface area contributed by atoms with Gasteiger partial charge in [-0.05, 0) is 37.6 Å². The molecule has 0 aromatic heterocycles. The van der Waals surface area contributed by atoms with E-state index < -0.39 is 17.7 Å². The molecule has 0 aliphatic carbocycles. The van der Waals surface area contributed by atoms with Crippen LogP contribution in [0.25, 0.3) is 0 Å². The van der Waals surface area contributed by atoms with Crippen LogP contribution in [0.1, 0.15) is 29.7 Å². The number of halogens is 2. The minimum atomic E-state index is -0.712. The second kappa shape index (κ2) is 6.01. The van der Waals surface area contributed by atoms with Gasteiger partial charge in [-0.3, -0.25) is 0 Å². The van der Waals surface area contributed by atoms with Crippen molar-refractivity contribution in [3.8, 4) is 5.75 Å². The first kappa shape index (κ1) is 14.5. The molecule has 2 rings (SSSR count). The molecule has 106 valence electrons. The highest BCUT2D eigenvalue weighted by Crippen LogP contribution is 2.27. The number of hydrogen-bond donors (Lipinski definition) is 1. The number of rotatable bonds is 4. The quantitative estimate of drug-likeness (QED) is 0.919. The zero-order valence-electron chi connectivity index (χ0n) is 11.4. The van der Waals surface area contributed by atoms with Gasteiger partial charge in [-0.2, -0.15) is 0 Å². The summed E-state index contributed by atoms with van der Waals surface area (Å²) in [7, 11) is 0. The van der Waals surface area contributed by atoms with Crippen molar-refractivity contribution >= 4 is 0 Å². The first-order valence-electron chi connectivity index (χ1n) is 6.33. The molecule has 0 heterocycles. The largest absolute Gasteiger partial charge is 0.488 e. The van der Waals surface area contributed by atoms with Crippen molar-refractivity contribution < 1.29 is 18.6 Å². The topological polar surface area (TPSA) is 29.5 Å². The predicted molar refractivity (Wildman–Crippen MR) is 72.5 cm³/mol. The SMILES string of the molecule is Cc1ccc([C@H](C)O)c(OCc2c(F)cccc2F)c1. The Bertz CT molecular complexity index is 589.